The number of hydrogen-bond acceptors (Lipinski definition) is 3. The number of thioether (sulfide) groups is 1. The van der Waals surface area contributed by atoms with Gasteiger partial charge >= 0.3 is 0 Å². The number of nitrogens with one attached hydrogen (secondary N) is 1. The Bertz CT molecular complexity index is 628. The van der Waals surface area contributed by atoms with Crippen molar-refractivity contribution in [3.63, 3.8) is 0 Å². The molecule has 116 valence electrons. The molecule has 4 heteroatoms. The van der Waals surface area contributed by atoms with Gasteiger partial charge in [-0.3, -0.25) is 4.79 Å². The summed E-state index contributed by atoms with van der Waals surface area (Å²) in [6.07, 6.45) is 2.00. The minimum absolute atomic E-state index is 0.104. The molecule has 1 amide bonds. The van der Waals surface area contributed by atoms with E-state index in [-0.39, 0.29) is 11.8 Å². The zero-order valence-electron chi connectivity index (χ0n) is 13.1. The lowest BCUT2D eigenvalue weighted by atomic mass is 10.0. The Balaban J connectivity index is 2.03. The van der Waals surface area contributed by atoms with Crippen LogP contribution in [0.1, 0.15) is 28.8 Å². The Labute approximate surface area is 136 Å². The lowest BCUT2D eigenvalue weighted by molar-refractivity contribution is 0.0948. The van der Waals surface area contributed by atoms with Gasteiger partial charge in [-0.15, -0.1) is 11.8 Å². The van der Waals surface area contributed by atoms with Crippen molar-refractivity contribution in [1.29, 1.82) is 0 Å². The van der Waals surface area contributed by atoms with E-state index in [0.29, 0.717) is 17.9 Å². The minimum atomic E-state index is -0.104. The highest BCUT2D eigenvalue weighted by molar-refractivity contribution is 7.98. The van der Waals surface area contributed by atoms with Crippen LogP contribution in [-0.2, 0) is 0 Å². The number of carbonyl (C=O) groups is 1. The Morgan fingerprint density at radius 1 is 1.23 bits per heavy atom. The zero-order chi connectivity index (χ0) is 15.9. The second-order valence-electron chi connectivity index (χ2n) is 5.09. The molecular weight excluding hydrogens is 294 g/mol. The van der Waals surface area contributed by atoms with Crippen molar-refractivity contribution < 1.29 is 9.53 Å². The molecule has 2 aromatic carbocycles. The van der Waals surface area contributed by atoms with Gasteiger partial charge in [0.15, 0.2) is 0 Å². The van der Waals surface area contributed by atoms with Gasteiger partial charge in [-0.05, 0) is 35.9 Å². The quantitative estimate of drug-likeness (QED) is 0.820. The first kappa shape index (κ1) is 16.4. The Morgan fingerprint density at radius 3 is 2.59 bits per heavy atom. The number of benzene rings is 2. The van der Waals surface area contributed by atoms with Crippen LogP contribution in [0.15, 0.2) is 53.4 Å². The number of carbonyl (C=O) groups excluding carboxylic acids is 1. The molecule has 2 aromatic rings. The minimum Gasteiger partial charge on any atom is -0.496 e. The number of rotatable bonds is 6. The second-order valence-corrected chi connectivity index (χ2v) is 5.97. The van der Waals surface area contributed by atoms with Gasteiger partial charge in [-0.25, -0.2) is 0 Å². The molecule has 0 aliphatic carbocycles. The molecule has 0 spiro atoms. The van der Waals surface area contributed by atoms with E-state index in [1.165, 1.54) is 5.56 Å². The molecule has 0 aromatic heterocycles. The Kier molecular flexibility index (Phi) is 5.90. The highest BCUT2D eigenvalue weighted by atomic mass is 32.2. The van der Waals surface area contributed by atoms with E-state index in [1.807, 2.05) is 42.7 Å². The molecule has 0 saturated heterocycles. The normalized spacial score (nSPS) is 11.8. The average Bonchev–Trinajstić information content (AvgIpc) is 2.59. The molecule has 0 saturated carbocycles. The molecule has 22 heavy (non-hydrogen) atoms. The van der Waals surface area contributed by atoms with Gasteiger partial charge in [0.25, 0.3) is 5.91 Å². The Morgan fingerprint density at radius 2 is 1.95 bits per heavy atom. The highest BCUT2D eigenvalue weighted by Crippen LogP contribution is 2.25. The third-order valence-corrected chi connectivity index (χ3v) is 4.32. The maximum atomic E-state index is 12.4. The third-order valence-electron chi connectivity index (χ3n) is 3.59. The molecule has 0 radical (unpaired) electrons. The molecule has 0 bridgehead atoms. The van der Waals surface area contributed by atoms with E-state index in [1.54, 1.807) is 18.9 Å². The average molecular weight is 315 g/mol. The molecular formula is C18H21NO2S. The molecule has 0 aliphatic heterocycles. The summed E-state index contributed by atoms with van der Waals surface area (Å²) in [5.41, 5.74) is 1.79. The van der Waals surface area contributed by atoms with Crippen LogP contribution in [-0.4, -0.2) is 25.8 Å². The summed E-state index contributed by atoms with van der Waals surface area (Å²) >= 11 is 1.62. The van der Waals surface area contributed by atoms with Crippen LogP contribution in [0.25, 0.3) is 0 Å². The largest absolute Gasteiger partial charge is 0.496 e. The van der Waals surface area contributed by atoms with Crippen molar-refractivity contribution in [3.8, 4) is 5.75 Å². The monoisotopic (exact) mass is 315 g/mol. The van der Waals surface area contributed by atoms with E-state index >= 15 is 0 Å². The van der Waals surface area contributed by atoms with Crippen molar-refractivity contribution in [2.45, 2.75) is 17.7 Å². The molecule has 0 unspecified atom stereocenters. The van der Waals surface area contributed by atoms with E-state index in [9.17, 15) is 4.79 Å². The molecule has 0 fully saturated rings. The van der Waals surface area contributed by atoms with Gasteiger partial charge in [0.2, 0.25) is 0 Å². The number of ether oxygens (including phenoxy) is 1. The van der Waals surface area contributed by atoms with E-state index in [4.69, 9.17) is 4.74 Å². The van der Waals surface area contributed by atoms with Gasteiger partial charge in [0.1, 0.15) is 5.75 Å². The first-order valence-corrected chi connectivity index (χ1v) is 8.43. The van der Waals surface area contributed by atoms with Crippen molar-refractivity contribution in [2.75, 3.05) is 19.9 Å². The summed E-state index contributed by atoms with van der Waals surface area (Å²) in [7, 11) is 1.59. The van der Waals surface area contributed by atoms with Crippen LogP contribution in [0.4, 0.5) is 0 Å². The molecule has 1 atom stereocenters. The fourth-order valence-electron chi connectivity index (χ4n) is 2.23. The number of methoxy groups -OCH3 is 1. The second kappa shape index (κ2) is 7.90. The molecule has 3 nitrogen and oxygen atoms in total. The number of hydrogen-bond donors (Lipinski definition) is 1. The fraction of sp³-hybridized carbons (Fsp3) is 0.278. The standard InChI is InChI=1S/C18H21NO2S/c1-13(14-7-5-4-6-8-14)12-19-18(20)16-10-9-15(22-3)11-17(16)21-2/h4-11,13H,12H2,1-3H3,(H,19,20)/t13-/m1/s1. The first-order valence-electron chi connectivity index (χ1n) is 7.21. The SMILES string of the molecule is COc1cc(SC)ccc1C(=O)NC[C@@H](C)c1ccccc1. The van der Waals surface area contributed by atoms with Gasteiger partial charge < -0.3 is 10.1 Å². The van der Waals surface area contributed by atoms with Crippen molar-refractivity contribution in [2.24, 2.45) is 0 Å². The van der Waals surface area contributed by atoms with Gasteiger partial charge in [0, 0.05) is 11.4 Å². The van der Waals surface area contributed by atoms with Crippen LogP contribution in [0.2, 0.25) is 0 Å². The Hall–Kier alpha value is -1.94. The predicted octanol–water partition coefficient (Wildman–Crippen LogP) is 3.95. The highest BCUT2D eigenvalue weighted by Gasteiger charge is 2.14. The van der Waals surface area contributed by atoms with Crippen LogP contribution in [0.3, 0.4) is 0 Å². The summed E-state index contributed by atoms with van der Waals surface area (Å²) in [4.78, 5) is 13.4. The van der Waals surface area contributed by atoms with Gasteiger partial charge in [-0.2, -0.15) is 0 Å². The maximum absolute atomic E-state index is 12.4. The fourth-order valence-corrected chi connectivity index (χ4v) is 2.66. The first-order chi connectivity index (χ1) is 10.7. The van der Waals surface area contributed by atoms with E-state index in [0.717, 1.165) is 4.90 Å². The van der Waals surface area contributed by atoms with E-state index in [2.05, 4.69) is 24.4 Å². The topological polar surface area (TPSA) is 38.3 Å². The maximum Gasteiger partial charge on any atom is 0.255 e. The van der Waals surface area contributed by atoms with Crippen LogP contribution < -0.4 is 10.1 Å². The molecule has 2 rings (SSSR count). The van der Waals surface area contributed by atoms with Crippen LogP contribution in [0, 0.1) is 0 Å². The molecule has 1 N–H and O–H groups in total. The van der Waals surface area contributed by atoms with Gasteiger partial charge in [0.05, 0.1) is 12.7 Å². The predicted molar refractivity (Wildman–Crippen MR) is 92.0 cm³/mol. The van der Waals surface area contributed by atoms with Crippen molar-refractivity contribution >= 4 is 17.7 Å². The van der Waals surface area contributed by atoms with Crippen LogP contribution >= 0.6 is 11.8 Å². The lowest BCUT2D eigenvalue weighted by Crippen LogP contribution is -2.27. The molecule has 0 aliphatic rings. The lowest BCUT2D eigenvalue weighted by Gasteiger charge is -2.14. The van der Waals surface area contributed by atoms with Crippen molar-refractivity contribution in [1.82, 2.24) is 5.32 Å². The van der Waals surface area contributed by atoms with Crippen LogP contribution in [0.5, 0.6) is 5.75 Å². The number of amides is 1. The molecule has 0 heterocycles. The van der Waals surface area contributed by atoms with Gasteiger partial charge in [-0.1, -0.05) is 37.3 Å². The summed E-state index contributed by atoms with van der Waals surface area (Å²) in [6, 6.07) is 15.8. The zero-order valence-corrected chi connectivity index (χ0v) is 13.9. The van der Waals surface area contributed by atoms with Crippen molar-refractivity contribution in [3.05, 3.63) is 59.7 Å². The third kappa shape index (κ3) is 4.04. The summed E-state index contributed by atoms with van der Waals surface area (Å²) in [5, 5.41) is 2.98. The van der Waals surface area contributed by atoms with E-state index < -0.39 is 0 Å². The summed E-state index contributed by atoms with van der Waals surface area (Å²) in [6.45, 7) is 2.69. The summed E-state index contributed by atoms with van der Waals surface area (Å²) in [5.74, 6) is 0.769. The summed E-state index contributed by atoms with van der Waals surface area (Å²) < 4.78 is 5.33. The smallest absolute Gasteiger partial charge is 0.255 e.